The molecule has 0 amide bonds. The van der Waals surface area contributed by atoms with E-state index in [1.807, 2.05) is 0 Å². The van der Waals surface area contributed by atoms with Crippen molar-refractivity contribution in [1.29, 1.82) is 0 Å². The van der Waals surface area contributed by atoms with E-state index >= 15 is 0 Å². The summed E-state index contributed by atoms with van der Waals surface area (Å²) in [6.07, 6.45) is 0.803. The fourth-order valence-electron chi connectivity index (χ4n) is 2.94. The largest absolute Gasteiger partial charge is 0.392 e. The molecule has 0 aliphatic carbocycles. The highest BCUT2D eigenvalue weighted by Gasteiger charge is 2.29. The number of aryl methyl sites for hydroxylation is 2. The normalized spacial score (nSPS) is 14.0. The first kappa shape index (κ1) is 18.2. The molecule has 0 aliphatic rings. The maximum atomic E-state index is 10.3. The van der Waals surface area contributed by atoms with Gasteiger partial charge in [0.25, 0.3) is 0 Å². The molecule has 1 unspecified atom stereocenters. The number of aliphatic hydroxyl groups is 1. The second-order valence-corrected chi connectivity index (χ2v) is 7.15. The van der Waals surface area contributed by atoms with Gasteiger partial charge in [0.2, 0.25) is 0 Å². The molecule has 1 atom stereocenters. The first-order valence-corrected chi connectivity index (χ1v) is 8.12. The lowest BCUT2D eigenvalue weighted by atomic mass is 9.80. The van der Waals surface area contributed by atoms with Gasteiger partial charge in [0, 0.05) is 36.3 Å². The fraction of sp³-hybridized carbons (Fsp3) is 0.824. The summed E-state index contributed by atoms with van der Waals surface area (Å²) in [5.74, 6) is 0.276. The Morgan fingerprint density at radius 1 is 1.29 bits per heavy atom. The molecule has 0 radical (unpaired) electrons. The van der Waals surface area contributed by atoms with Gasteiger partial charge in [-0.25, -0.2) is 0 Å². The van der Waals surface area contributed by atoms with Gasteiger partial charge in [0.15, 0.2) is 0 Å². The lowest BCUT2D eigenvalue weighted by Gasteiger charge is -2.33. The Labute approximate surface area is 129 Å². The lowest BCUT2D eigenvalue weighted by molar-refractivity contribution is 0.0134. The number of aromatic nitrogens is 2. The molecule has 0 aromatic carbocycles. The molecule has 0 aliphatic heterocycles. The molecule has 0 saturated heterocycles. The SMILES string of the molecule is CCCn1nc(C)c(CNCC(C)(C)C(O)C(C)C)c1C. The number of hydrogen-bond donors (Lipinski definition) is 2. The summed E-state index contributed by atoms with van der Waals surface area (Å²) in [4.78, 5) is 0. The minimum absolute atomic E-state index is 0.130. The minimum Gasteiger partial charge on any atom is -0.392 e. The first-order valence-electron chi connectivity index (χ1n) is 8.12. The maximum Gasteiger partial charge on any atom is 0.0641 e. The van der Waals surface area contributed by atoms with Gasteiger partial charge in [-0.3, -0.25) is 4.68 Å². The Morgan fingerprint density at radius 2 is 1.90 bits per heavy atom. The van der Waals surface area contributed by atoms with Crippen LogP contribution in [0.2, 0.25) is 0 Å². The third-order valence-electron chi connectivity index (χ3n) is 4.28. The van der Waals surface area contributed by atoms with Gasteiger partial charge in [0.1, 0.15) is 0 Å². The van der Waals surface area contributed by atoms with E-state index in [2.05, 4.69) is 63.6 Å². The van der Waals surface area contributed by atoms with Crippen LogP contribution in [0.25, 0.3) is 0 Å². The smallest absolute Gasteiger partial charge is 0.0641 e. The third-order valence-corrected chi connectivity index (χ3v) is 4.28. The second kappa shape index (κ2) is 7.41. The number of nitrogens with one attached hydrogen (secondary N) is 1. The van der Waals surface area contributed by atoms with Crippen molar-refractivity contribution in [3.8, 4) is 0 Å². The predicted octanol–water partition coefficient (Wildman–Crippen LogP) is 3.04. The topological polar surface area (TPSA) is 50.1 Å². The van der Waals surface area contributed by atoms with Crippen molar-refractivity contribution >= 4 is 0 Å². The standard InChI is InChI=1S/C17H33N3O/c1-8-9-20-14(5)15(13(4)19-20)10-18-11-17(6,7)16(21)12(2)3/h12,16,18,21H,8-11H2,1-7H3. The summed E-state index contributed by atoms with van der Waals surface area (Å²) in [7, 11) is 0. The molecule has 1 aromatic heterocycles. The van der Waals surface area contributed by atoms with Crippen LogP contribution in [0.4, 0.5) is 0 Å². The third kappa shape index (κ3) is 4.55. The van der Waals surface area contributed by atoms with E-state index in [-0.39, 0.29) is 17.4 Å². The van der Waals surface area contributed by atoms with Crippen molar-refractivity contribution < 1.29 is 5.11 Å². The molecule has 1 heterocycles. The zero-order valence-corrected chi connectivity index (χ0v) is 14.8. The van der Waals surface area contributed by atoms with E-state index in [0.717, 1.165) is 31.7 Å². The van der Waals surface area contributed by atoms with Crippen LogP contribution < -0.4 is 5.32 Å². The summed E-state index contributed by atoms with van der Waals surface area (Å²) < 4.78 is 2.10. The number of hydrogen-bond acceptors (Lipinski definition) is 3. The van der Waals surface area contributed by atoms with Crippen molar-refractivity contribution in [3.63, 3.8) is 0 Å². The fourth-order valence-corrected chi connectivity index (χ4v) is 2.94. The molecular weight excluding hydrogens is 262 g/mol. The van der Waals surface area contributed by atoms with Gasteiger partial charge in [-0.2, -0.15) is 5.10 Å². The van der Waals surface area contributed by atoms with Crippen molar-refractivity contribution in [2.45, 2.75) is 74.1 Å². The summed E-state index contributed by atoms with van der Waals surface area (Å²) >= 11 is 0. The van der Waals surface area contributed by atoms with E-state index < -0.39 is 0 Å². The molecule has 1 aromatic rings. The van der Waals surface area contributed by atoms with Crippen LogP contribution in [0.5, 0.6) is 0 Å². The zero-order chi connectivity index (χ0) is 16.2. The lowest BCUT2D eigenvalue weighted by Crippen LogP contribution is -2.41. The van der Waals surface area contributed by atoms with Gasteiger partial charge in [-0.15, -0.1) is 0 Å². The van der Waals surface area contributed by atoms with E-state index in [4.69, 9.17) is 0 Å². The van der Waals surface area contributed by atoms with E-state index in [9.17, 15) is 5.11 Å². The highest BCUT2D eigenvalue weighted by atomic mass is 16.3. The monoisotopic (exact) mass is 295 g/mol. The van der Waals surface area contributed by atoms with Crippen LogP contribution >= 0.6 is 0 Å². The summed E-state index contributed by atoms with van der Waals surface area (Å²) in [6.45, 7) is 17.3. The van der Waals surface area contributed by atoms with Crippen LogP contribution in [0.1, 0.15) is 58.0 Å². The molecule has 0 spiro atoms. The molecule has 4 nitrogen and oxygen atoms in total. The van der Waals surface area contributed by atoms with Crippen LogP contribution in [0.15, 0.2) is 0 Å². The van der Waals surface area contributed by atoms with Gasteiger partial charge >= 0.3 is 0 Å². The van der Waals surface area contributed by atoms with Crippen molar-refractivity contribution in [3.05, 3.63) is 17.0 Å². The quantitative estimate of drug-likeness (QED) is 0.775. The number of rotatable bonds is 8. The molecule has 4 heteroatoms. The summed E-state index contributed by atoms with van der Waals surface area (Å²) in [6, 6.07) is 0. The highest BCUT2D eigenvalue weighted by Crippen LogP contribution is 2.25. The second-order valence-electron chi connectivity index (χ2n) is 7.15. The molecule has 122 valence electrons. The molecular formula is C17H33N3O. The van der Waals surface area contributed by atoms with Crippen molar-refractivity contribution in [1.82, 2.24) is 15.1 Å². The van der Waals surface area contributed by atoms with E-state index in [1.54, 1.807) is 0 Å². The molecule has 21 heavy (non-hydrogen) atoms. The van der Waals surface area contributed by atoms with Gasteiger partial charge < -0.3 is 10.4 Å². The summed E-state index contributed by atoms with van der Waals surface area (Å²) in [5.41, 5.74) is 3.52. The molecule has 0 bridgehead atoms. The minimum atomic E-state index is -0.296. The summed E-state index contributed by atoms with van der Waals surface area (Å²) in [5, 5.41) is 18.4. The van der Waals surface area contributed by atoms with Crippen LogP contribution in [0.3, 0.4) is 0 Å². The van der Waals surface area contributed by atoms with Crippen LogP contribution in [-0.2, 0) is 13.1 Å². The highest BCUT2D eigenvalue weighted by molar-refractivity contribution is 5.24. The average molecular weight is 295 g/mol. The van der Waals surface area contributed by atoms with Gasteiger partial charge in [-0.1, -0.05) is 34.6 Å². The van der Waals surface area contributed by atoms with Crippen molar-refractivity contribution in [2.24, 2.45) is 11.3 Å². The van der Waals surface area contributed by atoms with Crippen LogP contribution in [-0.4, -0.2) is 27.5 Å². The van der Waals surface area contributed by atoms with E-state index in [0.29, 0.717) is 0 Å². The molecule has 0 saturated carbocycles. The van der Waals surface area contributed by atoms with E-state index in [1.165, 1.54) is 11.3 Å². The number of aliphatic hydroxyl groups excluding tert-OH is 1. The Hall–Kier alpha value is -0.870. The Bertz CT molecular complexity index is 449. The molecule has 1 rings (SSSR count). The number of nitrogens with zero attached hydrogens (tertiary/aromatic N) is 2. The Balaban J connectivity index is 2.64. The predicted molar refractivity (Wildman–Crippen MR) is 88.3 cm³/mol. The zero-order valence-electron chi connectivity index (χ0n) is 14.8. The molecule has 0 fully saturated rings. The molecule has 2 N–H and O–H groups in total. The maximum absolute atomic E-state index is 10.3. The Morgan fingerprint density at radius 3 is 2.43 bits per heavy atom. The Kier molecular flexibility index (Phi) is 6.41. The van der Waals surface area contributed by atoms with Crippen molar-refractivity contribution in [2.75, 3.05) is 6.54 Å². The first-order chi connectivity index (χ1) is 9.70. The average Bonchev–Trinajstić information content (AvgIpc) is 2.65. The van der Waals surface area contributed by atoms with Gasteiger partial charge in [0.05, 0.1) is 11.8 Å². The van der Waals surface area contributed by atoms with Gasteiger partial charge in [-0.05, 0) is 26.2 Å². The van der Waals surface area contributed by atoms with Crippen LogP contribution in [0, 0.1) is 25.2 Å².